The molecular weight excluding hydrogens is 342 g/mol. The number of imide groups is 1. The summed E-state index contributed by atoms with van der Waals surface area (Å²) in [6.07, 6.45) is 0. The van der Waals surface area contributed by atoms with E-state index in [0.717, 1.165) is 9.37 Å². The number of hydrogen-bond donors (Lipinski definition) is 2. The summed E-state index contributed by atoms with van der Waals surface area (Å²) in [7, 11) is 0. The standard InChI is InChI=1S/C13H12BrN3O4/c14-9-3-1-2-8(4-9)13(21)15-5-12(20)17-6-10(18)16-11(19)7-17/h1-4H,5-7H2,(H,15,21)(H,16,18,19). The van der Waals surface area contributed by atoms with Crippen molar-refractivity contribution in [1.82, 2.24) is 15.5 Å². The molecule has 1 aliphatic heterocycles. The van der Waals surface area contributed by atoms with Crippen LogP contribution in [0.2, 0.25) is 0 Å². The lowest BCUT2D eigenvalue weighted by atomic mass is 10.2. The number of nitrogens with one attached hydrogen (secondary N) is 2. The second-order valence-electron chi connectivity index (χ2n) is 4.41. The van der Waals surface area contributed by atoms with Gasteiger partial charge in [-0.2, -0.15) is 0 Å². The summed E-state index contributed by atoms with van der Waals surface area (Å²) in [5.74, 6) is -1.95. The summed E-state index contributed by atoms with van der Waals surface area (Å²) >= 11 is 3.25. The Balaban J connectivity index is 1.90. The predicted octanol–water partition coefficient (Wildman–Crippen LogP) is -0.336. The van der Waals surface area contributed by atoms with E-state index in [2.05, 4.69) is 26.6 Å². The van der Waals surface area contributed by atoms with Gasteiger partial charge in [0.2, 0.25) is 17.7 Å². The average Bonchev–Trinajstić information content (AvgIpc) is 2.43. The maximum atomic E-state index is 11.9. The third kappa shape index (κ3) is 4.12. The summed E-state index contributed by atoms with van der Waals surface area (Å²) in [5, 5.41) is 4.56. The first-order valence-corrected chi connectivity index (χ1v) is 6.89. The number of rotatable bonds is 3. The van der Waals surface area contributed by atoms with Gasteiger partial charge in [0.25, 0.3) is 5.91 Å². The molecule has 4 amide bonds. The van der Waals surface area contributed by atoms with Crippen molar-refractivity contribution in [3.8, 4) is 0 Å². The fourth-order valence-corrected chi connectivity index (χ4v) is 2.21. The number of hydrogen-bond acceptors (Lipinski definition) is 4. The largest absolute Gasteiger partial charge is 0.343 e. The molecule has 0 atom stereocenters. The van der Waals surface area contributed by atoms with Crippen molar-refractivity contribution < 1.29 is 19.2 Å². The van der Waals surface area contributed by atoms with E-state index in [1.165, 1.54) is 0 Å². The first-order chi connectivity index (χ1) is 9.95. The van der Waals surface area contributed by atoms with Crippen LogP contribution in [0.3, 0.4) is 0 Å². The molecule has 1 heterocycles. The normalized spacial score (nSPS) is 14.6. The van der Waals surface area contributed by atoms with Crippen LogP contribution in [0.1, 0.15) is 10.4 Å². The molecule has 0 aliphatic carbocycles. The van der Waals surface area contributed by atoms with Crippen LogP contribution in [0.15, 0.2) is 28.7 Å². The number of halogens is 1. The summed E-state index contributed by atoms with van der Waals surface area (Å²) in [6, 6.07) is 6.72. The molecule has 1 fully saturated rings. The predicted molar refractivity (Wildman–Crippen MR) is 76.2 cm³/mol. The van der Waals surface area contributed by atoms with Crippen molar-refractivity contribution in [2.45, 2.75) is 0 Å². The van der Waals surface area contributed by atoms with Crippen LogP contribution in [0.25, 0.3) is 0 Å². The van der Waals surface area contributed by atoms with E-state index in [-0.39, 0.29) is 19.6 Å². The fourth-order valence-electron chi connectivity index (χ4n) is 1.81. The maximum absolute atomic E-state index is 11.9. The van der Waals surface area contributed by atoms with Gasteiger partial charge in [0.1, 0.15) is 13.1 Å². The highest BCUT2D eigenvalue weighted by molar-refractivity contribution is 9.10. The molecule has 1 aromatic rings. The highest BCUT2D eigenvalue weighted by atomic mass is 79.9. The second-order valence-corrected chi connectivity index (χ2v) is 5.33. The van der Waals surface area contributed by atoms with Crippen LogP contribution in [-0.4, -0.2) is 48.2 Å². The third-order valence-electron chi connectivity index (χ3n) is 2.79. The van der Waals surface area contributed by atoms with E-state index in [4.69, 9.17) is 0 Å². The van der Waals surface area contributed by atoms with Crippen LogP contribution in [0.4, 0.5) is 0 Å². The average molecular weight is 354 g/mol. The monoisotopic (exact) mass is 353 g/mol. The maximum Gasteiger partial charge on any atom is 0.251 e. The summed E-state index contributed by atoms with van der Waals surface area (Å²) in [6.45, 7) is -0.638. The first kappa shape index (κ1) is 15.2. The Hall–Kier alpha value is -2.22. The van der Waals surface area contributed by atoms with Gasteiger partial charge in [0.15, 0.2) is 0 Å². The van der Waals surface area contributed by atoms with Gasteiger partial charge in [-0.1, -0.05) is 22.0 Å². The Kier molecular flexibility index (Phi) is 4.69. The van der Waals surface area contributed by atoms with E-state index in [0.29, 0.717) is 5.56 Å². The van der Waals surface area contributed by atoms with E-state index in [9.17, 15) is 19.2 Å². The quantitative estimate of drug-likeness (QED) is 0.727. The molecule has 2 rings (SSSR count). The van der Waals surface area contributed by atoms with E-state index in [1.807, 2.05) is 0 Å². The van der Waals surface area contributed by atoms with Crippen molar-refractivity contribution in [2.75, 3.05) is 19.6 Å². The molecule has 110 valence electrons. The summed E-state index contributed by atoms with van der Waals surface area (Å²) in [5.41, 5.74) is 0.407. The highest BCUT2D eigenvalue weighted by Gasteiger charge is 2.26. The van der Waals surface area contributed by atoms with Gasteiger partial charge in [-0.15, -0.1) is 0 Å². The molecule has 1 saturated heterocycles. The fraction of sp³-hybridized carbons (Fsp3) is 0.231. The van der Waals surface area contributed by atoms with Crippen molar-refractivity contribution in [3.63, 3.8) is 0 Å². The Bertz CT molecular complexity index is 601. The number of nitrogens with zero attached hydrogens (tertiary/aromatic N) is 1. The zero-order chi connectivity index (χ0) is 15.4. The van der Waals surface area contributed by atoms with Gasteiger partial charge in [0, 0.05) is 10.0 Å². The van der Waals surface area contributed by atoms with Gasteiger partial charge in [-0.05, 0) is 18.2 Å². The molecule has 0 unspecified atom stereocenters. The van der Waals surface area contributed by atoms with Gasteiger partial charge >= 0.3 is 0 Å². The molecule has 0 radical (unpaired) electrons. The SMILES string of the molecule is O=C1CN(C(=O)CNC(=O)c2cccc(Br)c2)CC(=O)N1. The first-order valence-electron chi connectivity index (χ1n) is 6.10. The molecule has 0 aromatic heterocycles. The molecule has 0 bridgehead atoms. The van der Waals surface area contributed by atoms with E-state index >= 15 is 0 Å². The Labute approximate surface area is 128 Å². The van der Waals surface area contributed by atoms with E-state index < -0.39 is 23.6 Å². The molecule has 21 heavy (non-hydrogen) atoms. The van der Waals surface area contributed by atoms with Crippen LogP contribution in [-0.2, 0) is 14.4 Å². The van der Waals surface area contributed by atoms with Gasteiger partial charge in [0.05, 0.1) is 6.54 Å². The van der Waals surface area contributed by atoms with E-state index in [1.54, 1.807) is 24.3 Å². The molecular formula is C13H12BrN3O4. The van der Waals surface area contributed by atoms with Gasteiger partial charge < -0.3 is 10.2 Å². The number of amides is 4. The zero-order valence-electron chi connectivity index (χ0n) is 10.9. The van der Waals surface area contributed by atoms with Crippen molar-refractivity contribution in [2.24, 2.45) is 0 Å². The number of carbonyl (C=O) groups is 4. The van der Waals surface area contributed by atoms with Gasteiger partial charge in [-0.3, -0.25) is 24.5 Å². The summed E-state index contributed by atoms with van der Waals surface area (Å²) in [4.78, 5) is 47.2. The van der Waals surface area contributed by atoms with Crippen molar-refractivity contribution >= 4 is 39.6 Å². The highest BCUT2D eigenvalue weighted by Crippen LogP contribution is 2.11. The number of carbonyl (C=O) groups excluding carboxylic acids is 4. The lowest BCUT2D eigenvalue weighted by Crippen LogP contribution is -2.55. The zero-order valence-corrected chi connectivity index (χ0v) is 12.5. The Morgan fingerprint density at radius 1 is 1.24 bits per heavy atom. The summed E-state index contributed by atoms with van der Waals surface area (Å²) < 4.78 is 0.750. The number of piperazine rings is 1. The molecule has 7 nitrogen and oxygen atoms in total. The van der Waals surface area contributed by atoms with Crippen molar-refractivity contribution in [1.29, 1.82) is 0 Å². The minimum absolute atomic E-state index is 0.183. The molecule has 1 aromatic carbocycles. The second kappa shape index (κ2) is 6.49. The van der Waals surface area contributed by atoms with Crippen LogP contribution < -0.4 is 10.6 Å². The smallest absolute Gasteiger partial charge is 0.251 e. The molecule has 8 heteroatoms. The topological polar surface area (TPSA) is 95.6 Å². The van der Waals surface area contributed by atoms with Crippen LogP contribution in [0, 0.1) is 0 Å². The molecule has 2 N–H and O–H groups in total. The molecule has 1 aliphatic rings. The Morgan fingerprint density at radius 2 is 1.90 bits per heavy atom. The minimum Gasteiger partial charge on any atom is -0.343 e. The third-order valence-corrected chi connectivity index (χ3v) is 3.28. The van der Waals surface area contributed by atoms with Crippen LogP contribution in [0.5, 0.6) is 0 Å². The lowest BCUT2D eigenvalue weighted by molar-refractivity contribution is -0.144. The number of benzene rings is 1. The molecule has 0 saturated carbocycles. The lowest BCUT2D eigenvalue weighted by Gasteiger charge is -2.25. The van der Waals surface area contributed by atoms with Gasteiger partial charge in [-0.25, -0.2) is 0 Å². The van der Waals surface area contributed by atoms with Crippen LogP contribution >= 0.6 is 15.9 Å². The molecule has 0 spiro atoms. The van der Waals surface area contributed by atoms with Crippen molar-refractivity contribution in [3.05, 3.63) is 34.3 Å². The Morgan fingerprint density at radius 3 is 2.52 bits per heavy atom. The minimum atomic E-state index is -0.530.